The number of piperidine rings is 1. The second kappa shape index (κ2) is 11.9. The van der Waals surface area contributed by atoms with Gasteiger partial charge in [0.15, 0.2) is 0 Å². The lowest BCUT2D eigenvalue weighted by Gasteiger charge is -2.32. The van der Waals surface area contributed by atoms with Crippen molar-refractivity contribution in [2.45, 2.75) is 38.2 Å². The minimum Gasteiger partial charge on any atom is -0.474 e. The maximum absolute atomic E-state index is 14.1. The Morgan fingerprint density at radius 1 is 1.00 bits per heavy atom. The van der Waals surface area contributed by atoms with Gasteiger partial charge in [-0.1, -0.05) is 34.1 Å². The van der Waals surface area contributed by atoms with Crippen molar-refractivity contribution in [2.75, 3.05) is 13.1 Å². The normalized spacial score (nSPS) is 14.1. The van der Waals surface area contributed by atoms with Crippen molar-refractivity contribution in [1.82, 2.24) is 9.88 Å². The number of hydrogen-bond acceptors (Lipinski definition) is 4. The second-order valence-corrected chi connectivity index (χ2v) is 10.4. The van der Waals surface area contributed by atoms with Crippen LogP contribution in [0.4, 0.5) is 4.39 Å². The van der Waals surface area contributed by atoms with Gasteiger partial charge >= 0.3 is 0 Å². The molecule has 1 saturated heterocycles. The molecule has 0 unspecified atom stereocenters. The van der Waals surface area contributed by atoms with Gasteiger partial charge < -0.3 is 9.64 Å². The summed E-state index contributed by atoms with van der Waals surface area (Å²) in [7, 11) is 0. The highest BCUT2D eigenvalue weighted by molar-refractivity contribution is 9.10. The number of benzene rings is 2. The minimum absolute atomic E-state index is 0.0164. The van der Waals surface area contributed by atoms with E-state index in [0.717, 1.165) is 14.5 Å². The molecule has 0 aliphatic carbocycles. The number of Topliss-reactive ketones (excluding diaryl/α,β-unsaturated/α-hetero) is 1. The highest BCUT2D eigenvalue weighted by Crippen LogP contribution is 2.22. The zero-order chi connectivity index (χ0) is 24.8. The molecule has 0 radical (unpaired) electrons. The molecule has 1 aromatic heterocycles. The SMILES string of the molecule is O=C(CCc1ccc(Br)cc1)Cc1ccc(F)cc1C(=O)N1CCC(Oc2ccc(Br)cn2)CC1. The minimum atomic E-state index is -0.487. The predicted molar refractivity (Wildman–Crippen MR) is 139 cm³/mol. The van der Waals surface area contributed by atoms with E-state index < -0.39 is 5.82 Å². The zero-order valence-electron chi connectivity index (χ0n) is 19.1. The summed E-state index contributed by atoms with van der Waals surface area (Å²) < 4.78 is 21.9. The summed E-state index contributed by atoms with van der Waals surface area (Å²) in [4.78, 5) is 31.9. The molecule has 0 saturated carbocycles. The maximum Gasteiger partial charge on any atom is 0.254 e. The van der Waals surface area contributed by atoms with Crippen LogP contribution in [-0.2, 0) is 17.6 Å². The quantitative estimate of drug-likeness (QED) is 0.309. The molecule has 182 valence electrons. The Kier molecular flexibility index (Phi) is 8.68. The van der Waals surface area contributed by atoms with Crippen LogP contribution in [0.15, 0.2) is 69.7 Å². The molecule has 0 atom stereocenters. The molecule has 2 heterocycles. The number of ketones is 1. The van der Waals surface area contributed by atoms with Crippen LogP contribution in [0.5, 0.6) is 5.88 Å². The van der Waals surface area contributed by atoms with Crippen LogP contribution >= 0.6 is 31.9 Å². The first-order chi connectivity index (χ1) is 16.9. The Hall–Kier alpha value is -2.58. The van der Waals surface area contributed by atoms with Crippen molar-refractivity contribution in [3.8, 4) is 5.88 Å². The molecule has 0 spiro atoms. The number of amides is 1. The molecule has 3 aromatic rings. The van der Waals surface area contributed by atoms with Crippen molar-refractivity contribution in [2.24, 2.45) is 0 Å². The highest BCUT2D eigenvalue weighted by atomic mass is 79.9. The van der Waals surface area contributed by atoms with Crippen molar-refractivity contribution < 1.29 is 18.7 Å². The molecule has 1 fully saturated rings. The van der Waals surface area contributed by atoms with Gasteiger partial charge in [-0.15, -0.1) is 0 Å². The summed E-state index contributed by atoms with van der Waals surface area (Å²) in [5, 5.41) is 0. The fraction of sp³-hybridized carbons (Fsp3) is 0.296. The average molecular weight is 604 g/mol. The molecule has 0 bridgehead atoms. The number of nitrogens with zero attached hydrogens (tertiary/aromatic N) is 2. The molecular formula is C27H25Br2FN2O3. The van der Waals surface area contributed by atoms with Gasteiger partial charge in [0, 0.05) is 65.5 Å². The highest BCUT2D eigenvalue weighted by Gasteiger charge is 2.27. The smallest absolute Gasteiger partial charge is 0.254 e. The number of hydrogen-bond donors (Lipinski definition) is 0. The molecule has 35 heavy (non-hydrogen) atoms. The summed E-state index contributed by atoms with van der Waals surface area (Å²) in [6.07, 6.45) is 4.03. The molecule has 8 heteroatoms. The van der Waals surface area contributed by atoms with Gasteiger partial charge in [0.2, 0.25) is 5.88 Å². The van der Waals surface area contributed by atoms with Crippen LogP contribution < -0.4 is 4.74 Å². The number of ether oxygens (including phenoxy) is 1. The molecule has 0 N–H and O–H groups in total. The van der Waals surface area contributed by atoms with Crippen molar-refractivity contribution in [1.29, 1.82) is 0 Å². The van der Waals surface area contributed by atoms with E-state index in [1.54, 1.807) is 23.2 Å². The van der Waals surface area contributed by atoms with E-state index in [9.17, 15) is 14.0 Å². The molecule has 1 amide bonds. The number of aryl methyl sites for hydroxylation is 1. The number of halogens is 3. The Morgan fingerprint density at radius 2 is 1.71 bits per heavy atom. The fourth-order valence-corrected chi connectivity index (χ4v) is 4.59. The molecule has 1 aliphatic heterocycles. The molecule has 1 aliphatic rings. The van der Waals surface area contributed by atoms with Gasteiger partial charge in [-0.3, -0.25) is 9.59 Å². The molecule has 2 aromatic carbocycles. The van der Waals surface area contributed by atoms with Gasteiger partial charge in [0.1, 0.15) is 17.7 Å². The third kappa shape index (κ3) is 7.21. The van der Waals surface area contributed by atoms with Gasteiger partial charge in [-0.2, -0.15) is 0 Å². The molecule has 5 nitrogen and oxygen atoms in total. The van der Waals surface area contributed by atoms with E-state index in [1.165, 1.54) is 12.1 Å². The monoisotopic (exact) mass is 602 g/mol. The standard InChI is InChI=1S/C27H25Br2FN2O3/c28-20-5-1-18(2-6-20)3-9-23(33)15-19-4-8-22(30)16-25(19)27(34)32-13-11-24(12-14-32)35-26-10-7-21(29)17-31-26/h1-2,4-8,10,16-17,24H,3,9,11-15H2. The molecular weight excluding hydrogens is 579 g/mol. The van der Waals surface area contributed by atoms with Crippen LogP contribution in [0.3, 0.4) is 0 Å². The van der Waals surface area contributed by atoms with Gasteiger partial charge in [0.25, 0.3) is 5.91 Å². The lowest BCUT2D eigenvalue weighted by molar-refractivity contribution is -0.118. The number of rotatable bonds is 8. The first-order valence-corrected chi connectivity index (χ1v) is 13.1. The third-order valence-corrected chi connectivity index (χ3v) is 7.01. The first-order valence-electron chi connectivity index (χ1n) is 11.5. The lowest BCUT2D eigenvalue weighted by atomic mass is 9.97. The van der Waals surface area contributed by atoms with Crippen LogP contribution in [0.1, 0.15) is 40.7 Å². The van der Waals surface area contributed by atoms with Crippen LogP contribution in [0, 0.1) is 5.82 Å². The van der Waals surface area contributed by atoms with E-state index in [0.29, 0.717) is 50.2 Å². The summed E-state index contributed by atoms with van der Waals surface area (Å²) in [5.41, 5.74) is 1.89. The van der Waals surface area contributed by atoms with Gasteiger partial charge in [-0.25, -0.2) is 9.37 Å². The summed E-state index contributed by atoms with van der Waals surface area (Å²) in [6, 6.07) is 15.6. The lowest BCUT2D eigenvalue weighted by Crippen LogP contribution is -2.42. The topological polar surface area (TPSA) is 59.5 Å². The first kappa shape index (κ1) is 25.5. The zero-order valence-corrected chi connectivity index (χ0v) is 22.2. The largest absolute Gasteiger partial charge is 0.474 e. The predicted octanol–water partition coefficient (Wildman–Crippen LogP) is 6.17. The van der Waals surface area contributed by atoms with E-state index in [-0.39, 0.29) is 29.8 Å². The van der Waals surface area contributed by atoms with Crippen molar-refractivity contribution in [3.05, 3.63) is 92.2 Å². The number of pyridine rings is 1. The van der Waals surface area contributed by atoms with E-state index in [2.05, 4.69) is 36.8 Å². The maximum atomic E-state index is 14.1. The average Bonchev–Trinajstić information content (AvgIpc) is 2.86. The fourth-order valence-electron chi connectivity index (χ4n) is 4.09. The summed E-state index contributed by atoms with van der Waals surface area (Å²) in [6.45, 7) is 0.987. The Balaban J connectivity index is 1.35. The van der Waals surface area contributed by atoms with Crippen molar-refractivity contribution in [3.63, 3.8) is 0 Å². The number of carbonyl (C=O) groups is 2. The van der Waals surface area contributed by atoms with E-state index >= 15 is 0 Å². The second-order valence-electron chi connectivity index (χ2n) is 8.57. The van der Waals surface area contributed by atoms with E-state index in [4.69, 9.17) is 4.74 Å². The Bertz CT molecular complexity index is 1180. The van der Waals surface area contributed by atoms with E-state index in [1.807, 2.05) is 30.3 Å². The summed E-state index contributed by atoms with van der Waals surface area (Å²) >= 11 is 6.76. The van der Waals surface area contributed by atoms with Crippen molar-refractivity contribution >= 4 is 43.6 Å². The van der Waals surface area contributed by atoms with Gasteiger partial charge in [0.05, 0.1) is 0 Å². The molecule has 4 rings (SSSR count). The number of carbonyl (C=O) groups excluding carboxylic acids is 2. The van der Waals surface area contributed by atoms with Crippen LogP contribution in [0.25, 0.3) is 0 Å². The number of likely N-dealkylation sites (tertiary alicyclic amines) is 1. The number of aromatic nitrogens is 1. The third-order valence-electron chi connectivity index (χ3n) is 6.01. The Morgan fingerprint density at radius 3 is 2.40 bits per heavy atom. The summed E-state index contributed by atoms with van der Waals surface area (Å²) in [5.74, 6) is -0.172. The Labute approximate surface area is 221 Å². The van der Waals surface area contributed by atoms with Gasteiger partial charge in [-0.05, 0) is 63.8 Å². The van der Waals surface area contributed by atoms with Crippen LogP contribution in [0.2, 0.25) is 0 Å². The van der Waals surface area contributed by atoms with Crippen LogP contribution in [-0.4, -0.2) is 40.8 Å².